The molecule has 0 rings (SSSR count). The van der Waals surface area contributed by atoms with Crippen LogP contribution in [0.5, 0.6) is 0 Å². The number of rotatable bonds is 1. The molecule has 0 aromatic rings. The van der Waals surface area contributed by atoms with Crippen LogP contribution in [-0.2, 0) is 4.79 Å². The van der Waals surface area contributed by atoms with Crippen LogP contribution in [0.4, 0.5) is 0 Å². The number of aliphatic imine (C=N–C) groups is 1. The van der Waals surface area contributed by atoms with Gasteiger partial charge < -0.3 is 10.6 Å². The van der Waals surface area contributed by atoms with Crippen molar-refractivity contribution in [3.8, 4) is 0 Å². The summed E-state index contributed by atoms with van der Waals surface area (Å²) in [4.78, 5) is 15.8. The molecule has 0 aliphatic rings. The highest BCUT2D eigenvalue weighted by atomic mass is 16.1. The Balaban J connectivity index is 4.03. The van der Waals surface area contributed by atoms with Gasteiger partial charge in [-0.15, -0.1) is 0 Å². The van der Waals surface area contributed by atoms with Gasteiger partial charge in [0.15, 0.2) is 5.96 Å². The predicted molar refractivity (Wildman–Crippen MR) is 40.6 cm³/mol. The minimum Gasteiger partial charge on any atom is -0.369 e. The van der Waals surface area contributed by atoms with E-state index in [0.29, 0.717) is 6.42 Å². The van der Waals surface area contributed by atoms with Gasteiger partial charge in [0.05, 0.1) is 0 Å². The summed E-state index contributed by atoms with van der Waals surface area (Å²) in [5.74, 6) is 0.0676. The third kappa shape index (κ3) is 3.06. The van der Waals surface area contributed by atoms with Crippen LogP contribution in [0, 0.1) is 0 Å². The van der Waals surface area contributed by atoms with Gasteiger partial charge in [-0.25, -0.2) is 0 Å². The predicted octanol–water partition coefficient (Wildman–Crippen LogP) is -0.201. The standard InChI is InChI=1S/C6H13N3O/c1-4-5(10)8-6(7)9(2)3/h4H2,1-3H3,(H2,7,8,10). The Morgan fingerprint density at radius 1 is 1.60 bits per heavy atom. The maximum Gasteiger partial charge on any atom is 0.248 e. The van der Waals surface area contributed by atoms with E-state index in [0.717, 1.165) is 0 Å². The smallest absolute Gasteiger partial charge is 0.248 e. The van der Waals surface area contributed by atoms with Crippen LogP contribution in [0.25, 0.3) is 0 Å². The number of amides is 1. The minimum absolute atomic E-state index is 0.189. The van der Waals surface area contributed by atoms with Crippen molar-refractivity contribution < 1.29 is 4.79 Å². The number of hydrogen-bond donors (Lipinski definition) is 1. The zero-order valence-electron chi connectivity index (χ0n) is 6.59. The fourth-order valence-corrected chi connectivity index (χ4v) is 0.307. The molecule has 2 N–H and O–H groups in total. The summed E-state index contributed by atoms with van der Waals surface area (Å²) in [5, 5.41) is 0. The molecule has 0 aliphatic carbocycles. The van der Waals surface area contributed by atoms with Crippen molar-refractivity contribution in [3.05, 3.63) is 0 Å². The maximum absolute atomic E-state index is 10.6. The summed E-state index contributed by atoms with van der Waals surface area (Å²) in [6.07, 6.45) is 0.397. The van der Waals surface area contributed by atoms with E-state index >= 15 is 0 Å². The second-order valence-electron chi connectivity index (χ2n) is 2.11. The lowest BCUT2D eigenvalue weighted by atomic mass is 10.5. The largest absolute Gasteiger partial charge is 0.369 e. The Hall–Kier alpha value is -1.06. The number of nitrogens with zero attached hydrogens (tertiary/aromatic N) is 2. The Morgan fingerprint density at radius 3 is 2.40 bits per heavy atom. The Bertz CT molecular complexity index is 151. The monoisotopic (exact) mass is 143 g/mol. The van der Waals surface area contributed by atoms with E-state index in [1.54, 1.807) is 25.9 Å². The van der Waals surface area contributed by atoms with Gasteiger partial charge in [-0.05, 0) is 0 Å². The van der Waals surface area contributed by atoms with E-state index in [1.165, 1.54) is 0 Å². The van der Waals surface area contributed by atoms with Crippen LogP contribution in [0.2, 0.25) is 0 Å². The van der Waals surface area contributed by atoms with E-state index < -0.39 is 0 Å². The third-order valence-electron chi connectivity index (χ3n) is 1.000. The first-order chi connectivity index (χ1) is 4.57. The van der Waals surface area contributed by atoms with Crippen molar-refractivity contribution in [1.29, 1.82) is 0 Å². The fraction of sp³-hybridized carbons (Fsp3) is 0.667. The molecular weight excluding hydrogens is 130 g/mol. The number of nitrogens with two attached hydrogens (primary N) is 1. The van der Waals surface area contributed by atoms with E-state index in [-0.39, 0.29) is 11.9 Å². The second-order valence-corrected chi connectivity index (χ2v) is 2.11. The highest BCUT2D eigenvalue weighted by molar-refractivity contribution is 5.91. The molecule has 10 heavy (non-hydrogen) atoms. The van der Waals surface area contributed by atoms with Crippen LogP contribution in [-0.4, -0.2) is 30.9 Å². The molecule has 0 radical (unpaired) electrons. The molecule has 0 bridgehead atoms. The average Bonchev–Trinajstić information content (AvgIpc) is 1.87. The van der Waals surface area contributed by atoms with Gasteiger partial charge >= 0.3 is 0 Å². The molecule has 0 saturated heterocycles. The summed E-state index contributed by atoms with van der Waals surface area (Å²) in [7, 11) is 3.48. The van der Waals surface area contributed by atoms with Crippen molar-refractivity contribution >= 4 is 11.9 Å². The summed E-state index contributed by atoms with van der Waals surface area (Å²) >= 11 is 0. The van der Waals surface area contributed by atoms with E-state index in [4.69, 9.17) is 5.73 Å². The van der Waals surface area contributed by atoms with Gasteiger partial charge in [-0.3, -0.25) is 4.79 Å². The Kier molecular flexibility index (Phi) is 3.46. The van der Waals surface area contributed by atoms with Gasteiger partial charge in [-0.1, -0.05) is 6.92 Å². The topological polar surface area (TPSA) is 58.7 Å². The lowest BCUT2D eigenvalue weighted by Crippen LogP contribution is -2.31. The fourth-order valence-electron chi connectivity index (χ4n) is 0.307. The minimum atomic E-state index is -0.189. The van der Waals surface area contributed by atoms with E-state index in [9.17, 15) is 4.79 Å². The molecule has 0 atom stereocenters. The average molecular weight is 143 g/mol. The van der Waals surface area contributed by atoms with Crippen LogP contribution in [0.1, 0.15) is 13.3 Å². The van der Waals surface area contributed by atoms with Gasteiger partial charge in [0.1, 0.15) is 0 Å². The zero-order chi connectivity index (χ0) is 8.15. The normalized spacial score (nSPS) is 11.3. The summed E-state index contributed by atoms with van der Waals surface area (Å²) in [6.45, 7) is 1.74. The van der Waals surface area contributed by atoms with Crippen molar-refractivity contribution in [3.63, 3.8) is 0 Å². The quantitative estimate of drug-likeness (QED) is 0.408. The lowest BCUT2D eigenvalue weighted by Gasteiger charge is -2.08. The van der Waals surface area contributed by atoms with Gasteiger partial charge in [0.2, 0.25) is 5.91 Å². The zero-order valence-corrected chi connectivity index (χ0v) is 6.59. The SMILES string of the molecule is CCC(=O)N=C(N)N(C)C. The van der Waals surface area contributed by atoms with Gasteiger partial charge in [-0.2, -0.15) is 4.99 Å². The van der Waals surface area contributed by atoms with Crippen molar-refractivity contribution in [2.45, 2.75) is 13.3 Å². The van der Waals surface area contributed by atoms with Crippen LogP contribution >= 0.6 is 0 Å². The lowest BCUT2D eigenvalue weighted by molar-refractivity contribution is -0.117. The molecule has 4 nitrogen and oxygen atoms in total. The molecule has 0 spiro atoms. The van der Waals surface area contributed by atoms with Crippen molar-refractivity contribution in [2.24, 2.45) is 10.7 Å². The summed E-state index contributed by atoms with van der Waals surface area (Å²) in [5.41, 5.74) is 5.35. The molecule has 58 valence electrons. The first-order valence-corrected chi connectivity index (χ1v) is 3.12. The van der Waals surface area contributed by atoms with Crippen LogP contribution in [0.3, 0.4) is 0 Å². The first kappa shape index (κ1) is 8.94. The Morgan fingerprint density at radius 2 is 2.10 bits per heavy atom. The second kappa shape index (κ2) is 3.87. The number of carbonyl (C=O) groups excluding carboxylic acids is 1. The summed E-state index contributed by atoms with van der Waals surface area (Å²) in [6, 6.07) is 0. The van der Waals surface area contributed by atoms with Crippen LogP contribution in [0.15, 0.2) is 4.99 Å². The van der Waals surface area contributed by atoms with Gasteiger partial charge in [0, 0.05) is 20.5 Å². The van der Waals surface area contributed by atoms with Crippen molar-refractivity contribution in [1.82, 2.24) is 4.90 Å². The number of hydrogen-bond acceptors (Lipinski definition) is 1. The molecule has 0 aliphatic heterocycles. The highest BCUT2D eigenvalue weighted by Gasteiger charge is 1.97. The molecular formula is C6H13N3O. The molecule has 0 aromatic heterocycles. The summed E-state index contributed by atoms with van der Waals surface area (Å²) < 4.78 is 0. The number of guanidine groups is 1. The third-order valence-corrected chi connectivity index (χ3v) is 1.000. The molecule has 0 saturated carbocycles. The first-order valence-electron chi connectivity index (χ1n) is 3.12. The van der Waals surface area contributed by atoms with E-state index in [1.807, 2.05) is 0 Å². The maximum atomic E-state index is 10.6. The number of carbonyl (C=O) groups is 1. The highest BCUT2D eigenvalue weighted by Crippen LogP contribution is 1.83. The molecule has 4 heteroatoms. The molecule has 0 aromatic carbocycles. The molecule has 0 fully saturated rings. The van der Waals surface area contributed by atoms with Crippen molar-refractivity contribution in [2.75, 3.05) is 14.1 Å². The van der Waals surface area contributed by atoms with E-state index in [2.05, 4.69) is 4.99 Å². The molecule has 1 amide bonds. The Labute approximate surface area is 60.7 Å². The molecule has 0 heterocycles. The molecule has 0 unspecified atom stereocenters. The van der Waals surface area contributed by atoms with Gasteiger partial charge in [0.25, 0.3) is 0 Å². The van der Waals surface area contributed by atoms with Crippen LogP contribution < -0.4 is 5.73 Å².